The Morgan fingerprint density at radius 3 is 2.79 bits per heavy atom. The van der Waals surface area contributed by atoms with Crippen molar-refractivity contribution in [3.63, 3.8) is 0 Å². The molecule has 2 heterocycles. The summed E-state index contributed by atoms with van der Waals surface area (Å²) in [5.41, 5.74) is 3.59. The van der Waals surface area contributed by atoms with Crippen molar-refractivity contribution >= 4 is 28.6 Å². The molecule has 0 radical (unpaired) electrons. The molecule has 0 atom stereocenters. The van der Waals surface area contributed by atoms with Gasteiger partial charge < -0.3 is 20.3 Å². The summed E-state index contributed by atoms with van der Waals surface area (Å²) < 4.78 is 2.00. The summed E-state index contributed by atoms with van der Waals surface area (Å²) in [5.74, 6) is 1.11. The predicted molar refractivity (Wildman–Crippen MR) is 95.7 cm³/mol. The van der Waals surface area contributed by atoms with E-state index in [2.05, 4.69) is 39.4 Å². The smallest absolute Gasteiger partial charge is 0.226 e. The molecule has 0 aliphatic rings. The maximum Gasteiger partial charge on any atom is 0.226 e. The summed E-state index contributed by atoms with van der Waals surface area (Å²) in [5, 5.41) is 15.4. The highest BCUT2D eigenvalue weighted by Crippen LogP contribution is 2.26. The Balaban J connectivity index is 2.07. The van der Waals surface area contributed by atoms with Gasteiger partial charge in [0.2, 0.25) is 5.95 Å². The topological polar surface area (TPSA) is 87.9 Å². The van der Waals surface area contributed by atoms with E-state index in [-0.39, 0.29) is 12.6 Å². The average Bonchev–Trinajstić information content (AvgIpc) is 2.97. The lowest BCUT2D eigenvalue weighted by Crippen LogP contribution is -2.11. The third kappa shape index (κ3) is 3.30. The van der Waals surface area contributed by atoms with E-state index in [9.17, 15) is 0 Å². The number of nitrogens with zero attached hydrogens (tertiary/aromatic N) is 4. The molecule has 0 fully saturated rings. The number of aliphatic hydroxyl groups excluding tert-OH is 1. The Morgan fingerprint density at radius 1 is 1.25 bits per heavy atom. The number of anilines is 3. The highest BCUT2D eigenvalue weighted by atomic mass is 16.3. The Kier molecular flexibility index (Phi) is 4.61. The molecule has 3 aromatic rings. The summed E-state index contributed by atoms with van der Waals surface area (Å²) in [4.78, 5) is 13.5. The van der Waals surface area contributed by atoms with Gasteiger partial charge in [0, 0.05) is 18.3 Å². The van der Waals surface area contributed by atoms with E-state index in [0.29, 0.717) is 18.3 Å². The molecule has 0 aliphatic carbocycles. The number of fused-ring (bicyclic) bond motifs is 1. The lowest BCUT2D eigenvalue weighted by molar-refractivity contribution is 0.311. The molecule has 2 aromatic heterocycles. The van der Waals surface area contributed by atoms with Crippen molar-refractivity contribution in [2.75, 3.05) is 23.8 Å². The minimum Gasteiger partial charge on any atom is -0.395 e. The third-order valence-electron chi connectivity index (χ3n) is 3.65. The van der Waals surface area contributed by atoms with E-state index in [1.165, 1.54) is 0 Å². The minimum absolute atomic E-state index is 0.0193. The highest BCUT2D eigenvalue weighted by molar-refractivity contribution is 5.86. The molecule has 0 bridgehead atoms. The van der Waals surface area contributed by atoms with Crippen LogP contribution in [0.1, 0.15) is 25.5 Å². The van der Waals surface area contributed by atoms with E-state index in [0.717, 1.165) is 22.4 Å². The zero-order valence-electron chi connectivity index (χ0n) is 14.1. The molecule has 0 spiro atoms. The first-order valence-electron chi connectivity index (χ1n) is 8.01. The number of imidazole rings is 1. The lowest BCUT2D eigenvalue weighted by Gasteiger charge is -2.12. The van der Waals surface area contributed by atoms with Gasteiger partial charge in [-0.2, -0.15) is 9.97 Å². The summed E-state index contributed by atoms with van der Waals surface area (Å²) in [6.07, 6.45) is 1.78. The van der Waals surface area contributed by atoms with Crippen molar-refractivity contribution in [3.8, 4) is 0 Å². The molecule has 24 heavy (non-hydrogen) atoms. The Hall–Kier alpha value is -2.67. The van der Waals surface area contributed by atoms with Crippen LogP contribution in [0.2, 0.25) is 0 Å². The van der Waals surface area contributed by atoms with Gasteiger partial charge in [0.15, 0.2) is 17.0 Å². The summed E-state index contributed by atoms with van der Waals surface area (Å²) >= 11 is 0. The van der Waals surface area contributed by atoms with Crippen LogP contribution >= 0.6 is 0 Å². The van der Waals surface area contributed by atoms with Crippen LogP contribution in [0.3, 0.4) is 0 Å². The van der Waals surface area contributed by atoms with Gasteiger partial charge in [-0.05, 0) is 38.5 Å². The summed E-state index contributed by atoms with van der Waals surface area (Å²) in [6, 6.07) is 8.31. The number of benzene rings is 1. The van der Waals surface area contributed by atoms with Crippen molar-refractivity contribution in [3.05, 3.63) is 36.2 Å². The molecular weight excluding hydrogens is 304 g/mol. The van der Waals surface area contributed by atoms with Gasteiger partial charge in [0.25, 0.3) is 0 Å². The zero-order chi connectivity index (χ0) is 17.1. The van der Waals surface area contributed by atoms with Crippen LogP contribution in [0.4, 0.5) is 17.5 Å². The van der Waals surface area contributed by atoms with Crippen molar-refractivity contribution < 1.29 is 5.11 Å². The van der Waals surface area contributed by atoms with E-state index >= 15 is 0 Å². The van der Waals surface area contributed by atoms with E-state index in [4.69, 9.17) is 5.11 Å². The Bertz CT molecular complexity index is 842. The molecule has 0 amide bonds. The molecule has 3 N–H and O–H groups in total. The van der Waals surface area contributed by atoms with Crippen molar-refractivity contribution in [1.29, 1.82) is 0 Å². The maximum absolute atomic E-state index is 9.03. The van der Waals surface area contributed by atoms with E-state index in [1.807, 2.05) is 35.8 Å². The van der Waals surface area contributed by atoms with Crippen LogP contribution in [0, 0.1) is 6.92 Å². The van der Waals surface area contributed by atoms with Gasteiger partial charge >= 0.3 is 0 Å². The first-order valence-corrected chi connectivity index (χ1v) is 8.01. The molecule has 0 saturated heterocycles. The predicted octanol–water partition coefficient (Wildman–Crippen LogP) is 2.86. The second kappa shape index (κ2) is 6.84. The number of hydrogen-bond donors (Lipinski definition) is 3. The van der Waals surface area contributed by atoms with Crippen LogP contribution in [-0.4, -0.2) is 37.8 Å². The average molecular weight is 326 g/mol. The van der Waals surface area contributed by atoms with Gasteiger partial charge in [0.1, 0.15) is 0 Å². The van der Waals surface area contributed by atoms with Gasteiger partial charge in [-0.15, -0.1) is 0 Å². The quantitative estimate of drug-likeness (QED) is 0.645. The second-order valence-corrected chi connectivity index (χ2v) is 5.96. The monoisotopic (exact) mass is 326 g/mol. The van der Waals surface area contributed by atoms with E-state index < -0.39 is 0 Å². The van der Waals surface area contributed by atoms with Gasteiger partial charge in [0.05, 0.1) is 12.9 Å². The van der Waals surface area contributed by atoms with Crippen LogP contribution in [0.15, 0.2) is 30.6 Å². The minimum atomic E-state index is 0.0193. The van der Waals surface area contributed by atoms with Crippen LogP contribution in [-0.2, 0) is 0 Å². The van der Waals surface area contributed by atoms with Crippen LogP contribution < -0.4 is 10.6 Å². The Morgan fingerprint density at radius 2 is 2.08 bits per heavy atom. The normalized spacial score (nSPS) is 11.2. The molecule has 7 nitrogen and oxygen atoms in total. The maximum atomic E-state index is 9.03. The van der Waals surface area contributed by atoms with Gasteiger partial charge in [-0.1, -0.05) is 12.1 Å². The molecule has 3 rings (SSSR count). The highest BCUT2D eigenvalue weighted by Gasteiger charge is 2.15. The number of hydrogen-bond acceptors (Lipinski definition) is 6. The van der Waals surface area contributed by atoms with Crippen molar-refractivity contribution in [2.24, 2.45) is 0 Å². The first kappa shape index (κ1) is 16.2. The SMILES string of the molecule is Cc1cccc(Nc2nc(NCCO)nc3c2ncn3C(C)C)c1. The third-order valence-corrected chi connectivity index (χ3v) is 3.65. The van der Waals surface area contributed by atoms with Crippen LogP contribution in [0.5, 0.6) is 0 Å². The number of aryl methyl sites for hydroxylation is 1. The summed E-state index contributed by atoms with van der Waals surface area (Å²) in [6.45, 7) is 6.62. The molecule has 7 heteroatoms. The number of aromatic nitrogens is 4. The van der Waals surface area contributed by atoms with Crippen molar-refractivity contribution in [1.82, 2.24) is 19.5 Å². The number of nitrogens with one attached hydrogen (secondary N) is 2. The Labute approximate surface area is 140 Å². The summed E-state index contributed by atoms with van der Waals surface area (Å²) in [7, 11) is 0. The molecule has 126 valence electrons. The fraction of sp³-hybridized carbons (Fsp3) is 0.353. The molecule has 0 unspecified atom stereocenters. The van der Waals surface area contributed by atoms with E-state index in [1.54, 1.807) is 6.33 Å². The zero-order valence-corrected chi connectivity index (χ0v) is 14.1. The lowest BCUT2D eigenvalue weighted by atomic mass is 10.2. The van der Waals surface area contributed by atoms with Gasteiger partial charge in [-0.25, -0.2) is 4.98 Å². The number of rotatable bonds is 6. The molecular formula is C17H22N6O. The first-order chi connectivity index (χ1) is 11.6. The fourth-order valence-corrected chi connectivity index (χ4v) is 2.49. The van der Waals surface area contributed by atoms with Crippen molar-refractivity contribution in [2.45, 2.75) is 26.8 Å². The van der Waals surface area contributed by atoms with Gasteiger partial charge in [-0.3, -0.25) is 0 Å². The fourth-order valence-electron chi connectivity index (χ4n) is 2.49. The number of aliphatic hydroxyl groups is 1. The second-order valence-electron chi connectivity index (χ2n) is 5.96. The van der Waals surface area contributed by atoms with Crippen LogP contribution in [0.25, 0.3) is 11.2 Å². The molecule has 0 aliphatic heterocycles. The standard InChI is InChI=1S/C17H22N6O/c1-11(2)23-10-19-14-15(20-13-6-4-5-12(3)9-13)21-17(18-7-8-24)22-16(14)23/h4-6,9-11,24H,7-8H2,1-3H3,(H2,18,20,21,22). The molecule has 0 saturated carbocycles. The molecule has 1 aromatic carbocycles. The largest absolute Gasteiger partial charge is 0.395 e.